The van der Waals surface area contributed by atoms with Crippen LogP contribution in [0.4, 0.5) is 5.69 Å². The van der Waals surface area contributed by atoms with Crippen LogP contribution in [0.5, 0.6) is 0 Å². The molecule has 0 fully saturated rings. The lowest BCUT2D eigenvalue weighted by molar-refractivity contribution is -0.139. The van der Waals surface area contributed by atoms with E-state index in [0.29, 0.717) is 23.5 Å². The van der Waals surface area contributed by atoms with E-state index in [1.807, 2.05) is 121 Å². The third-order valence-electron chi connectivity index (χ3n) is 6.78. The van der Waals surface area contributed by atoms with E-state index in [1.54, 1.807) is 6.07 Å². The Labute approximate surface area is 240 Å². The standard InChI is InChI=1S/C34H35N3O4/c1-37(23-25-13-5-2-6-14-25)24-31(39)35-30-20-12-11-19-29(30)32(27-17-9-4-10-18-27)36-33(34(40)41)28(21-22-38)26-15-7-3-8-16-26/h2-20,28,33,38H,21-24H2,1H3,(H,35,39)(H,40,41)/t28-,33-/m0/s1. The van der Waals surface area contributed by atoms with Gasteiger partial charge in [-0.25, -0.2) is 4.79 Å². The number of carboxylic acid groups (broad SMARTS) is 1. The number of aliphatic carboxylic acids is 1. The molecule has 4 rings (SSSR count). The Bertz CT molecular complexity index is 1440. The van der Waals surface area contributed by atoms with Gasteiger partial charge in [-0.15, -0.1) is 0 Å². The van der Waals surface area contributed by atoms with E-state index in [0.717, 1.165) is 16.7 Å². The van der Waals surface area contributed by atoms with E-state index < -0.39 is 17.9 Å². The average molecular weight is 550 g/mol. The Morgan fingerprint density at radius 2 is 1.41 bits per heavy atom. The lowest BCUT2D eigenvalue weighted by Crippen LogP contribution is -2.31. The second kappa shape index (κ2) is 14.7. The summed E-state index contributed by atoms with van der Waals surface area (Å²) in [5.74, 6) is -1.84. The van der Waals surface area contributed by atoms with Gasteiger partial charge in [0.1, 0.15) is 0 Å². The summed E-state index contributed by atoms with van der Waals surface area (Å²) < 4.78 is 0. The van der Waals surface area contributed by atoms with E-state index in [2.05, 4.69) is 5.32 Å². The van der Waals surface area contributed by atoms with Crippen molar-refractivity contribution >= 4 is 23.3 Å². The van der Waals surface area contributed by atoms with Crippen molar-refractivity contribution in [1.82, 2.24) is 4.90 Å². The highest BCUT2D eigenvalue weighted by molar-refractivity contribution is 6.17. The minimum Gasteiger partial charge on any atom is -0.480 e. The van der Waals surface area contributed by atoms with Crippen molar-refractivity contribution in [2.75, 3.05) is 25.5 Å². The largest absolute Gasteiger partial charge is 0.480 e. The summed E-state index contributed by atoms with van der Waals surface area (Å²) in [4.78, 5) is 32.5. The maximum absolute atomic E-state index is 13.1. The number of likely N-dealkylation sites (N-methyl/N-ethyl adjacent to an activating group) is 1. The van der Waals surface area contributed by atoms with E-state index in [1.165, 1.54) is 0 Å². The Kier molecular flexibility index (Phi) is 10.5. The molecule has 0 saturated carbocycles. The lowest BCUT2D eigenvalue weighted by Gasteiger charge is -2.23. The molecule has 0 radical (unpaired) electrons. The SMILES string of the molecule is CN(CC(=O)Nc1ccccc1C(=N[C@H](C(=O)O)[C@@H](CCO)c1ccccc1)c1ccccc1)Cc1ccccc1. The first kappa shape index (κ1) is 29.4. The van der Waals surface area contributed by atoms with Crippen molar-refractivity contribution < 1.29 is 19.8 Å². The molecule has 2 atom stereocenters. The number of para-hydroxylation sites is 1. The number of aliphatic imine (C=N–C) groups is 1. The number of carboxylic acids is 1. The Balaban J connectivity index is 1.69. The lowest BCUT2D eigenvalue weighted by atomic mass is 9.88. The molecule has 0 aliphatic rings. The minimum absolute atomic E-state index is 0.172. The zero-order chi connectivity index (χ0) is 29.0. The third-order valence-corrected chi connectivity index (χ3v) is 6.78. The quantitative estimate of drug-likeness (QED) is 0.199. The normalized spacial score (nSPS) is 13.0. The van der Waals surface area contributed by atoms with Crippen molar-refractivity contribution in [2.24, 2.45) is 4.99 Å². The van der Waals surface area contributed by atoms with Gasteiger partial charge in [-0.2, -0.15) is 0 Å². The van der Waals surface area contributed by atoms with Crippen LogP contribution in [0.15, 0.2) is 120 Å². The third kappa shape index (κ3) is 8.20. The van der Waals surface area contributed by atoms with Gasteiger partial charge >= 0.3 is 5.97 Å². The number of aliphatic hydroxyl groups is 1. The summed E-state index contributed by atoms with van der Waals surface area (Å²) in [5, 5.41) is 23.2. The Morgan fingerprint density at radius 1 is 0.829 bits per heavy atom. The molecule has 0 heterocycles. The molecule has 0 aliphatic carbocycles. The van der Waals surface area contributed by atoms with Crippen LogP contribution in [0.3, 0.4) is 0 Å². The van der Waals surface area contributed by atoms with Gasteiger partial charge in [-0.1, -0.05) is 109 Å². The fraction of sp³-hybridized carbons (Fsp3) is 0.206. The van der Waals surface area contributed by atoms with Crippen LogP contribution in [0.1, 0.15) is 34.6 Å². The summed E-state index contributed by atoms with van der Waals surface area (Å²) in [6.45, 7) is 0.618. The minimum atomic E-state index is -1.17. The first-order valence-corrected chi connectivity index (χ1v) is 13.6. The maximum atomic E-state index is 13.1. The van der Waals surface area contributed by atoms with Crippen LogP contribution in [0.25, 0.3) is 0 Å². The Hall–Kier alpha value is -4.59. The van der Waals surface area contributed by atoms with Crippen LogP contribution in [0, 0.1) is 0 Å². The molecule has 0 aromatic heterocycles. The highest BCUT2D eigenvalue weighted by atomic mass is 16.4. The van der Waals surface area contributed by atoms with E-state index in [-0.39, 0.29) is 25.5 Å². The summed E-state index contributed by atoms with van der Waals surface area (Å²) in [6, 6.07) is 34.7. The number of carbonyl (C=O) groups excluding carboxylic acids is 1. The zero-order valence-electron chi connectivity index (χ0n) is 23.1. The number of amides is 1. The van der Waals surface area contributed by atoms with Gasteiger partial charge in [0.2, 0.25) is 5.91 Å². The van der Waals surface area contributed by atoms with Crippen LogP contribution >= 0.6 is 0 Å². The molecule has 0 aliphatic heterocycles. The molecule has 1 amide bonds. The van der Waals surface area contributed by atoms with E-state index >= 15 is 0 Å². The number of aliphatic hydroxyl groups excluding tert-OH is 1. The average Bonchev–Trinajstić information content (AvgIpc) is 2.98. The molecule has 41 heavy (non-hydrogen) atoms. The molecule has 0 saturated heterocycles. The van der Waals surface area contributed by atoms with Crippen LogP contribution in [-0.2, 0) is 16.1 Å². The summed E-state index contributed by atoms with van der Waals surface area (Å²) in [7, 11) is 1.89. The number of nitrogens with one attached hydrogen (secondary N) is 1. The van der Waals surface area contributed by atoms with Crippen molar-refractivity contribution in [3.63, 3.8) is 0 Å². The molecule has 4 aromatic carbocycles. The molecule has 7 heteroatoms. The fourth-order valence-corrected chi connectivity index (χ4v) is 4.88. The van der Waals surface area contributed by atoms with Crippen molar-refractivity contribution in [1.29, 1.82) is 0 Å². The smallest absolute Gasteiger partial charge is 0.329 e. The summed E-state index contributed by atoms with van der Waals surface area (Å²) in [6.07, 6.45) is 0.235. The number of hydrogen-bond donors (Lipinski definition) is 3. The first-order valence-electron chi connectivity index (χ1n) is 13.6. The van der Waals surface area contributed by atoms with E-state index in [9.17, 15) is 19.8 Å². The van der Waals surface area contributed by atoms with Crippen molar-refractivity contribution in [2.45, 2.75) is 24.9 Å². The number of nitrogens with zero attached hydrogens (tertiary/aromatic N) is 2. The molecular weight excluding hydrogens is 514 g/mol. The molecule has 0 spiro atoms. The molecule has 3 N–H and O–H groups in total. The van der Waals surface area contributed by atoms with Crippen LogP contribution in [0.2, 0.25) is 0 Å². The van der Waals surface area contributed by atoms with Gasteiger partial charge in [0.25, 0.3) is 0 Å². The molecule has 7 nitrogen and oxygen atoms in total. The molecule has 210 valence electrons. The number of anilines is 1. The van der Waals surface area contributed by atoms with Gasteiger partial charge in [0, 0.05) is 30.2 Å². The van der Waals surface area contributed by atoms with Crippen molar-refractivity contribution in [3.8, 4) is 0 Å². The highest BCUT2D eigenvalue weighted by Gasteiger charge is 2.30. The number of benzene rings is 4. The monoisotopic (exact) mass is 549 g/mol. The van der Waals surface area contributed by atoms with Gasteiger partial charge < -0.3 is 15.5 Å². The number of carbonyl (C=O) groups is 2. The summed E-state index contributed by atoms with van der Waals surface area (Å²) in [5.41, 5.74) is 4.21. The first-order chi connectivity index (χ1) is 20.0. The highest BCUT2D eigenvalue weighted by Crippen LogP contribution is 2.29. The second-order valence-corrected chi connectivity index (χ2v) is 9.91. The van der Waals surface area contributed by atoms with Crippen LogP contribution in [-0.4, -0.2) is 58.9 Å². The van der Waals surface area contributed by atoms with E-state index in [4.69, 9.17) is 4.99 Å². The van der Waals surface area contributed by atoms with Gasteiger partial charge in [0.05, 0.1) is 17.9 Å². The maximum Gasteiger partial charge on any atom is 0.329 e. The predicted octanol–water partition coefficient (Wildman–Crippen LogP) is 5.21. The van der Waals surface area contributed by atoms with Gasteiger partial charge in [-0.05, 0) is 30.7 Å². The predicted molar refractivity (Wildman–Crippen MR) is 162 cm³/mol. The zero-order valence-corrected chi connectivity index (χ0v) is 23.1. The van der Waals surface area contributed by atoms with Gasteiger partial charge in [-0.3, -0.25) is 14.7 Å². The van der Waals surface area contributed by atoms with Crippen LogP contribution < -0.4 is 5.32 Å². The molecular formula is C34H35N3O4. The fourth-order valence-electron chi connectivity index (χ4n) is 4.88. The second-order valence-electron chi connectivity index (χ2n) is 9.91. The number of rotatable bonds is 13. The molecule has 0 unspecified atom stereocenters. The molecule has 0 bridgehead atoms. The Morgan fingerprint density at radius 3 is 2.05 bits per heavy atom. The topological polar surface area (TPSA) is 102 Å². The molecule has 4 aromatic rings. The van der Waals surface area contributed by atoms with Gasteiger partial charge in [0.15, 0.2) is 6.04 Å². The summed E-state index contributed by atoms with van der Waals surface area (Å²) >= 11 is 0. The number of hydrogen-bond acceptors (Lipinski definition) is 5. The van der Waals surface area contributed by atoms with Crippen molar-refractivity contribution in [3.05, 3.63) is 138 Å².